The van der Waals surface area contributed by atoms with Crippen LogP contribution in [0.1, 0.15) is 15.9 Å². The number of methoxy groups -OCH3 is 1. The zero-order valence-electron chi connectivity index (χ0n) is 11.9. The summed E-state index contributed by atoms with van der Waals surface area (Å²) >= 11 is 0. The highest BCUT2D eigenvalue weighted by Gasteiger charge is 2.11. The molecule has 0 unspecified atom stereocenters. The third-order valence-electron chi connectivity index (χ3n) is 3.12. The maximum Gasteiger partial charge on any atom is 0.256 e. The molecule has 0 fully saturated rings. The summed E-state index contributed by atoms with van der Waals surface area (Å²) < 4.78 is 6.63. The Hall–Kier alpha value is -2.60. The summed E-state index contributed by atoms with van der Waals surface area (Å²) in [7, 11) is 3.14. The zero-order chi connectivity index (χ0) is 15.4. The summed E-state index contributed by atoms with van der Waals surface area (Å²) in [5.41, 5.74) is 7.05. The number of nitrogens with zero attached hydrogens (tertiary/aromatic N) is 1. The highest BCUT2D eigenvalue weighted by molar-refractivity contribution is 6.04. The molecular weight excluding hydrogens is 270 g/mol. The molecule has 0 saturated carbocycles. The van der Waals surface area contributed by atoms with Gasteiger partial charge in [0.05, 0.1) is 12.8 Å². The Morgan fingerprint density at radius 2 is 2.10 bits per heavy atom. The van der Waals surface area contributed by atoms with Gasteiger partial charge in [-0.05, 0) is 23.8 Å². The van der Waals surface area contributed by atoms with Crippen LogP contribution in [-0.2, 0) is 13.6 Å². The molecule has 6 heteroatoms. The second-order valence-electron chi connectivity index (χ2n) is 4.56. The van der Waals surface area contributed by atoms with Crippen LogP contribution in [0.25, 0.3) is 0 Å². The minimum Gasteiger partial charge on any atom is -0.495 e. The van der Waals surface area contributed by atoms with E-state index in [2.05, 4.69) is 5.32 Å². The molecule has 6 nitrogen and oxygen atoms in total. The van der Waals surface area contributed by atoms with E-state index in [1.165, 1.54) is 17.7 Å². The fourth-order valence-corrected chi connectivity index (χ4v) is 1.85. The predicted molar refractivity (Wildman–Crippen MR) is 80.5 cm³/mol. The normalized spacial score (nSPS) is 10.2. The molecule has 1 aromatic heterocycles. The van der Waals surface area contributed by atoms with E-state index in [9.17, 15) is 9.59 Å². The SMILES string of the molecule is COc1cc(CN)ccc1NC(=O)c1ccn(C)c(=O)c1. The molecule has 2 rings (SSSR count). The first-order chi connectivity index (χ1) is 10.0. The summed E-state index contributed by atoms with van der Waals surface area (Å²) in [6.45, 7) is 0.388. The maximum atomic E-state index is 12.2. The van der Waals surface area contributed by atoms with Crippen molar-refractivity contribution in [2.24, 2.45) is 12.8 Å². The average Bonchev–Trinajstić information content (AvgIpc) is 2.50. The first-order valence-corrected chi connectivity index (χ1v) is 6.40. The Labute approximate surface area is 122 Å². The van der Waals surface area contributed by atoms with Gasteiger partial charge in [-0.25, -0.2) is 0 Å². The molecule has 0 aliphatic carbocycles. The summed E-state index contributed by atoms with van der Waals surface area (Å²) in [4.78, 5) is 23.7. The second-order valence-corrected chi connectivity index (χ2v) is 4.56. The van der Waals surface area contributed by atoms with Crippen LogP contribution in [0.2, 0.25) is 0 Å². The molecule has 3 N–H and O–H groups in total. The molecular formula is C15H17N3O3. The lowest BCUT2D eigenvalue weighted by Gasteiger charge is -2.11. The number of pyridine rings is 1. The predicted octanol–water partition coefficient (Wildman–Crippen LogP) is 1.10. The molecule has 0 aliphatic heterocycles. The first-order valence-electron chi connectivity index (χ1n) is 6.40. The van der Waals surface area contributed by atoms with Gasteiger partial charge in [-0.2, -0.15) is 0 Å². The number of benzene rings is 1. The van der Waals surface area contributed by atoms with Crippen LogP contribution >= 0.6 is 0 Å². The fourth-order valence-electron chi connectivity index (χ4n) is 1.85. The zero-order valence-corrected chi connectivity index (χ0v) is 11.9. The molecule has 0 spiro atoms. The van der Waals surface area contributed by atoms with Crippen LogP contribution in [0.4, 0.5) is 5.69 Å². The van der Waals surface area contributed by atoms with Crippen LogP contribution in [0, 0.1) is 0 Å². The van der Waals surface area contributed by atoms with Crippen molar-refractivity contribution in [3.8, 4) is 5.75 Å². The fraction of sp³-hybridized carbons (Fsp3) is 0.200. The topological polar surface area (TPSA) is 86.3 Å². The van der Waals surface area contributed by atoms with E-state index in [1.54, 1.807) is 31.4 Å². The lowest BCUT2D eigenvalue weighted by Crippen LogP contribution is -2.20. The number of aromatic nitrogens is 1. The maximum absolute atomic E-state index is 12.2. The van der Waals surface area contributed by atoms with E-state index in [4.69, 9.17) is 10.5 Å². The minimum absolute atomic E-state index is 0.243. The van der Waals surface area contributed by atoms with Gasteiger partial charge in [0.15, 0.2) is 0 Å². The number of ether oxygens (including phenoxy) is 1. The van der Waals surface area contributed by atoms with Gasteiger partial charge < -0.3 is 20.4 Å². The van der Waals surface area contributed by atoms with Crippen molar-refractivity contribution in [2.75, 3.05) is 12.4 Å². The summed E-state index contributed by atoms with van der Waals surface area (Å²) in [6, 6.07) is 8.16. The first kappa shape index (κ1) is 14.8. The molecule has 21 heavy (non-hydrogen) atoms. The number of hydrogen-bond donors (Lipinski definition) is 2. The van der Waals surface area contributed by atoms with Gasteiger partial charge in [0.25, 0.3) is 11.5 Å². The van der Waals surface area contributed by atoms with Crippen LogP contribution < -0.4 is 21.3 Å². The molecule has 0 atom stereocenters. The highest BCUT2D eigenvalue weighted by atomic mass is 16.5. The van der Waals surface area contributed by atoms with E-state index < -0.39 is 0 Å². The number of hydrogen-bond acceptors (Lipinski definition) is 4. The summed E-state index contributed by atoms with van der Waals surface area (Å²) in [5, 5.41) is 2.72. The molecule has 1 heterocycles. The molecule has 2 aromatic rings. The minimum atomic E-state index is -0.369. The third-order valence-corrected chi connectivity index (χ3v) is 3.12. The van der Waals surface area contributed by atoms with E-state index in [1.807, 2.05) is 6.07 Å². The van der Waals surface area contributed by atoms with Crippen molar-refractivity contribution in [3.05, 3.63) is 58.0 Å². The molecule has 110 valence electrons. The van der Waals surface area contributed by atoms with Crippen LogP contribution in [0.5, 0.6) is 5.75 Å². The Morgan fingerprint density at radius 3 is 2.71 bits per heavy atom. The Bertz CT molecular complexity index is 722. The lowest BCUT2D eigenvalue weighted by molar-refractivity contribution is 0.102. The number of anilines is 1. The number of aryl methyl sites for hydroxylation is 1. The van der Waals surface area contributed by atoms with Gasteiger partial charge in [-0.1, -0.05) is 6.07 Å². The number of carbonyl (C=O) groups excluding carboxylic acids is 1. The highest BCUT2D eigenvalue weighted by Crippen LogP contribution is 2.25. The molecule has 1 amide bonds. The van der Waals surface area contributed by atoms with E-state index in [-0.39, 0.29) is 11.5 Å². The van der Waals surface area contributed by atoms with E-state index >= 15 is 0 Å². The van der Waals surface area contributed by atoms with Crippen LogP contribution in [-0.4, -0.2) is 17.6 Å². The Kier molecular flexibility index (Phi) is 4.39. The number of carbonyl (C=O) groups is 1. The smallest absolute Gasteiger partial charge is 0.256 e. The molecule has 0 radical (unpaired) electrons. The average molecular weight is 287 g/mol. The number of amides is 1. The van der Waals surface area contributed by atoms with Crippen molar-refractivity contribution < 1.29 is 9.53 Å². The Balaban J connectivity index is 2.26. The van der Waals surface area contributed by atoms with Crippen molar-refractivity contribution in [2.45, 2.75) is 6.54 Å². The lowest BCUT2D eigenvalue weighted by atomic mass is 10.1. The second kappa shape index (κ2) is 6.23. The van der Waals surface area contributed by atoms with Gasteiger partial charge in [-0.15, -0.1) is 0 Å². The number of nitrogens with one attached hydrogen (secondary N) is 1. The molecule has 0 aliphatic rings. The molecule has 0 saturated heterocycles. The quantitative estimate of drug-likeness (QED) is 0.881. The molecule has 0 bridgehead atoms. The number of nitrogens with two attached hydrogens (primary N) is 1. The third kappa shape index (κ3) is 3.29. The van der Waals surface area contributed by atoms with Crippen molar-refractivity contribution in [1.29, 1.82) is 0 Å². The van der Waals surface area contributed by atoms with Crippen LogP contribution in [0.15, 0.2) is 41.3 Å². The monoisotopic (exact) mass is 287 g/mol. The van der Waals surface area contributed by atoms with Gasteiger partial charge >= 0.3 is 0 Å². The van der Waals surface area contributed by atoms with E-state index in [0.29, 0.717) is 23.5 Å². The van der Waals surface area contributed by atoms with Gasteiger partial charge in [0, 0.05) is 31.4 Å². The van der Waals surface area contributed by atoms with Gasteiger partial charge in [-0.3, -0.25) is 9.59 Å². The standard InChI is InChI=1S/C15H17N3O3/c1-18-6-5-11(8-14(18)19)15(20)17-12-4-3-10(9-16)7-13(12)21-2/h3-8H,9,16H2,1-2H3,(H,17,20). The van der Waals surface area contributed by atoms with Gasteiger partial charge in [0.1, 0.15) is 5.75 Å². The van der Waals surface area contributed by atoms with Gasteiger partial charge in [0.2, 0.25) is 0 Å². The van der Waals surface area contributed by atoms with E-state index in [0.717, 1.165) is 5.56 Å². The summed E-state index contributed by atoms with van der Waals surface area (Å²) in [6.07, 6.45) is 1.55. The van der Waals surface area contributed by atoms with Crippen molar-refractivity contribution in [3.63, 3.8) is 0 Å². The molecule has 1 aromatic carbocycles. The summed E-state index contributed by atoms with van der Waals surface area (Å²) in [5.74, 6) is 0.154. The Morgan fingerprint density at radius 1 is 1.33 bits per heavy atom. The number of rotatable bonds is 4. The van der Waals surface area contributed by atoms with Crippen LogP contribution in [0.3, 0.4) is 0 Å². The van der Waals surface area contributed by atoms with Crippen molar-refractivity contribution >= 4 is 11.6 Å². The van der Waals surface area contributed by atoms with Crippen molar-refractivity contribution in [1.82, 2.24) is 4.57 Å². The largest absolute Gasteiger partial charge is 0.495 e.